The fraction of sp³-hybridized carbons (Fsp3) is 0.306. The van der Waals surface area contributed by atoms with Gasteiger partial charge in [0.1, 0.15) is 34.5 Å². The van der Waals surface area contributed by atoms with Crippen LogP contribution in [0.25, 0.3) is 33.2 Å². The molecule has 0 bridgehead atoms. The Morgan fingerprint density at radius 3 is 1.13 bits per heavy atom. The highest BCUT2D eigenvalue weighted by Gasteiger charge is 2.28. The molecule has 9 aromatic rings. The molecule has 0 unspecified atom stereocenters. The minimum Gasteiger partial charge on any atom is -0.348 e. The molecule has 0 saturated heterocycles. The average Bonchev–Trinajstić information content (AvgIpc) is 1.43. The number of nitrogens with one attached hydrogen (secondary N) is 8. The normalized spacial score (nSPS) is 12.8. The Morgan fingerprint density at radius 2 is 0.763 bits per heavy atom. The van der Waals surface area contributed by atoms with E-state index in [4.69, 9.17) is 34.4 Å². The standard InChI is InChI=1S/C24H30N6O2S.2C24H29N5O3/c25-15-7-12-19(26)23(31)28-20(14-13-17-8-3-1-4-9-17)24(32)27-16-21-29-22(30-33-21)18-10-5-2-6-11-18;2*25-14-6-10-18(26)22(30)28-20(13-12-16-7-2-1-3-8-16)23(31)29-21-15-17-9-4-5-11-19(17)27-24(21)32/h1-6,8-11,19-20H,7,12-16,25-26H2,(H,27,32)(H,28,31);2*1-5,7-9,11,15,18,20H,6,10,12-14,25-26H2,(H,27,32)(H,28,30)(H,29,31)/t19-,20+;2*18-,20+/m000/s1. The van der Waals surface area contributed by atoms with Crippen LogP contribution < -0.4 is 77.4 Å². The second-order valence-electron chi connectivity index (χ2n) is 23.1. The molecule has 6 aromatic carbocycles. The van der Waals surface area contributed by atoms with Crippen LogP contribution in [0.2, 0.25) is 0 Å². The molecule has 510 valence electrons. The Morgan fingerprint density at radius 1 is 0.423 bits per heavy atom. The number of H-pyrrole nitrogens is 2. The van der Waals surface area contributed by atoms with Gasteiger partial charge in [0, 0.05) is 27.4 Å². The van der Waals surface area contributed by atoms with Gasteiger partial charge in [-0.25, -0.2) is 4.98 Å². The van der Waals surface area contributed by atoms with Crippen LogP contribution in [-0.2, 0) is 54.6 Å². The lowest BCUT2D eigenvalue weighted by Crippen LogP contribution is -2.51. The monoisotopic (exact) mass is 1340 g/mol. The van der Waals surface area contributed by atoms with E-state index in [0.717, 1.165) is 33.0 Å². The van der Waals surface area contributed by atoms with Gasteiger partial charge >= 0.3 is 0 Å². The maximum Gasteiger partial charge on any atom is 0.272 e. The van der Waals surface area contributed by atoms with Crippen molar-refractivity contribution < 1.29 is 28.8 Å². The van der Waals surface area contributed by atoms with Crippen LogP contribution >= 0.6 is 11.5 Å². The minimum absolute atomic E-state index is 0.125. The molecular formula is C72H88N16O8S. The van der Waals surface area contributed by atoms with Crippen molar-refractivity contribution in [3.05, 3.63) is 224 Å². The highest BCUT2D eigenvalue weighted by atomic mass is 32.1. The largest absolute Gasteiger partial charge is 0.348 e. The number of carbonyl (C=O) groups excluding carboxylic acids is 6. The number of nitrogens with zero attached hydrogens (tertiary/aromatic N) is 2. The summed E-state index contributed by atoms with van der Waals surface area (Å²) in [6, 6.07) is 52.0. The molecule has 0 saturated carbocycles. The first-order valence-corrected chi connectivity index (χ1v) is 33.2. The highest BCUT2D eigenvalue weighted by molar-refractivity contribution is 7.05. The third-order valence-corrected chi connectivity index (χ3v) is 16.4. The molecule has 97 heavy (non-hydrogen) atoms. The minimum atomic E-state index is -0.850. The molecule has 0 aliphatic rings. The van der Waals surface area contributed by atoms with Crippen molar-refractivity contribution >= 4 is 80.2 Å². The van der Waals surface area contributed by atoms with E-state index < -0.39 is 71.0 Å². The Labute approximate surface area is 567 Å². The summed E-state index contributed by atoms with van der Waals surface area (Å²) in [7, 11) is 0. The number of benzene rings is 6. The number of para-hydroxylation sites is 2. The van der Waals surface area contributed by atoms with Crippen LogP contribution in [0.5, 0.6) is 0 Å². The first-order chi connectivity index (χ1) is 47.0. The lowest BCUT2D eigenvalue weighted by molar-refractivity contribution is -0.130. The van der Waals surface area contributed by atoms with E-state index in [9.17, 15) is 38.4 Å². The second-order valence-corrected chi connectivity index (χ2v) is 24.0. The van der Waals surface area contributed by atoms with Gasteiger partial charge < -0.3 is 76.3 Å². The highest BCUT2D eigenvalue weighted by Crippen LogP contribution is 2.20. The molecule has 20 N–H and O–H groups in total. The number of aryl methyl sites for hydroxylation is 3. The Kier molecular flexibility index (Phi) is 30.4. The number of aromatic amines is 2. The van der Waals surface area contributed by atoms with E-state index in [-0.39, 0.29) is 29.7 Å². The summed E-state index contributed by atoms with van der Waals surface area (Å²) >= 11 is 1.24. The Balaban J connectivity index is 0.000000205. The summed E-state index contributed by atoms with van der Waals surface area (Å²) < 4.78 is 4.37. The Hall–Kier alpha value is -10.1. The molecule has 6 atom stereocenters. The van der Waals surface area contributed by atoms with Crippen LogP contribution in [0.15, 0.2) is 192 Å². The summed E-state index contributed by atoms with van der Waals surface area (Å²) in [5, 5.41) is 18.8. The van der Waals surface area contributed by atoms with E-state index in [2.05, 4.69) is 51.2 Å². The lowest BCUT2D eigenvalue weighted by Gasteiger charge is -2.21. The zero-order valence-corrected chi connectivity index (χ0v) is 54.9. The molecule has 3 heterocycles. The van der Waals surface area contributed by atoms with Crippen molar-refractivity contribution in [1.29, 1.82) is 0 Å². The van der Waals surface area contributed by atoms with Crippen molar-refractivity contribution in [2.24, 2.45) is 34.4 Å². The number of hydrogen-bond acceptors (Lipinski definition) is 17. The van der Waals surface area contributed by atoms with Gasteiger partial charge in [-0.2, -0.15) is 4.37 Å². The summed E-state index contributed by atoms with van der Waals surface area (Å²) in [6.45, 7) is 1.57. The topological polar surface area (TPSA) is 422 Å². The Bertz CT molecular complexity index is 3890. The third-order valence-electron chi connectivity index (χ3n) is 15.7. The van der Waals surface area contributed by atoms with Gasteiger partial charge in [-0.05, 0) is 149 Å². The van der Waals surface area contributed by atoms with Gasteiger partial charge in [0.25, 0.3) is 11.1 Å². The van der Waals surface area contributed by atoms with Gasteiger partial charge in [-0.3, -0.25) is 38.4 Å². The molecule has 24 nitrogen and oxygen atoms in total. The van der Waals surface area contributed by atoms with E-state index in [1.54, 1.807) is 24.3 Å². The van der Waals surface area contributed by atoms with Gasteiger partial charge in [-0.1, -0.05) is 158 Å². The smallest absolute Gasteiger partial charge is 0.272 e. The van der Waals surface area contributed by atoms with Crippen LogP contribution in [0.1, 0.15) is 79.5 Å². The maximum absolute atomic E-state index is 13.1. The van der Waals surface area contributed by atoms with E-state index >= 15 is 0 Å². The van der Waals surface area contributed by atoms with Crippen LogP contribution in [-0.4, -0.2) is 111 Å². The lowest BCUT2D eigenvalue weighted by atomic mass is 10.0. The molecule has 0 spiro atoms. The van der Waals surface area contributed by atoms with Crippen molar-refractivity contribution in [3.63, 3.8) is 0 Å². The molecule has 0 fully saturated rings. The van der Waals surface area contributed by atoms with Crippen LogP contribution in [0.3, 0.4) is 0 Å². The molecule has 3 aromatic heterocycles. The molecule has 0 radical (unpaired) electrons. The van der Waals surface area contributed by atoms with Crippen molar-refractivity contribution in [3.8, 4) is 11.4 Å². The summed E-state index contributed by atoms with van der Waals surface area (Å²) in [5.41, 5.74) is 39.2. The van der Waals surface area contributed by atoms with Crippen molar-refractivity contribution in [2.45, 2.75) is 120 Å². The number of carbonyl (C=O) groups is 6. The number of rotatable bonds is 32. The van der Waals surface area contributed by atoms with E-state index in [0.29, 0.717) is 119 Å². The first-order valence-electron chi connectivity index (χ1n) is 32.4. The summed E-state index contributed by atoms with van der Waals surface area (Å²) in [4.78, 5) is 112. The molecule has 25 heteroatoms. The number of amides is 6. The molecular weight excluding hydrogens is 1250 g/mol. The zero-order chi connectivity index (χ0) is 69.3. The third kappa shape index (κ3) is 24.6. The number of aromatic nitrogens is 4. The van der Waals surface area contributed by atoms with Crippen molar-refractivity contribution in [1.82, 2.24) is 40.6 Å². The number of hydrogen-bond donors (Lipinski definition) is 14. The molecule has 6 amide bonds. The number of fused-ring (bicyclic) bond motifs is 2. The van der Waals surface area contributed by atoms with Gasteiger partial charge in [0.05, 0.1) is 24.7 Å². The summed E-state index contributed by atoms with van der Waals surface area (Å²) in [5.74, 6) is -1.77. The van der Waals surface area contributed by atoms with Crippen molar-refractivity contribution in [2.75, 3.05) is 30.3 Å². The summed E-state index contributed by atoms with van der Waals surface area (Å²) in [6.07, 6.45) is 6.18. The van der Waals surface area contributed by atoms with Crippen LogP contribution in [0.4, 0.5) is 11.4 Å². The maximum atomic E-state index is 13.1. The number of anilines is 2. The van der Waals surface area contributed by atoms with Crippen LogP contribution in [0, 0.1) is 0 Å². The number of pyridine rings is 2. The average molecular weight is 1340 g/mol. The van der Waals surface area contributed by atoms with Gasteiger partial charge in [0.15, 0.2) is 5.82 Å². The first kappa shape index (κ1) is 74.3. The second kappa shape index (κ2) is 39.7. The fourth-order valence-corrected chi connectivity index (χ4v) is 10.8. The predicted molar refractivity (Wildman–Crippen MR) is 382 cm³/mol. The van der Waals surface area contributed by atoms with E-state index in [1.807, 2.05) is 158 Å². The SMILES string of the molecule is NCCC[C@H](N)C(=O)N[C@H](CCc1ccccc1)C(=O)NCc1nc(-c2ccccc2)ns1.NCCC[C@H](N)C(=O)N[C@H](CCc1ccccc1)C(=O)Nc1cc2ccccc2[nH]c1=O.NCCC[C@H](N)C(=O)N[C@H](CCc1ccccc1)C(=O)Nc1cc2ccccc2[nH]c1=O. The molecule has 9 rings (SSSR count). The van der Waals surface area contributed by atoms with E-state index in [1.165, 1.54) is 11.5 Å². The zero-order valence-electron chi connectivity index (χ0n) is 54.1. The van der Waals surface area contributed by atoms with Gasteiger partial charge in [-0.15, -0.1) is 0 Å². The van der Waals surface area contributed by atoms with Gasteiger partial charge in [0.2, 0.25) is 35.4 Å². The molecule has 0 aliphatic heterocycles. The fourth-order valence-electron chi connectivity index (χ4n) is 10.2. The molecule has 0 aliphatic carbocycles. The quantitative estimate of drug-likeness (QED) is 0.0254. The predicted octanol–water partition coefficient (Wildman–Crippen LogP) is 5.31. The number of nitrogens with two attached hydrogens (primary N) is 6.